The van der Waals surface area contributed by atoms with Crippen LogP contribution in [0.15, 0.2) is 24.4 Å². The number of anilines is 1. The molecule has 104 valence electrons. The van der Waals surface area contributed by atoms with Gasteiger partial charge in [0.2, 0.25) is 0 Å². The number of aromatic nitrogens is 2. The summed E-state index contributed by atoms with van der Waals surface area (Å²) in [4.78, 5) is 23.7. The first-order valence-electron chi connectivity index (χ1n) is 6.04. The second kappa shape index (κ2) is 5.56. The van der Waals surface area contributed by atoms with Crippen molar-refractivity contribution in [1.82, 2.24) is 10.2 Å². The van der Waals surface area contributed by atoms with Gasteiger partial charge in [0.15, 0.2) is 5.69 Å². The van der Waals surface area contributed by atoms with E-state index in [-0.39, 0.29) is 11.6 Å². The number of hydrogen-bond acceptors (Lipinski definition) is 4. The maximum Gasteiger partial charge on any atom is 0.358 e. The molecule has 0 atom stereocenters. The average Bonchev–Trinajstić information content (AvgIpc) is 2.89. The summed E-state index contributed by atoms with van der Waals surface area (Å²) in [6, 6.07) is 5.48. The highest BCUT2D eigenvalue weighted by Crippen LogP contribution is 2.17. The van der Waals surface area contributed by atoms with Gasteiger partial charge in [0, 0.05) is 5.56 Å². The predicted molar refractivity (Wildman–Crippen MR) is 73.8 cm³/mol. The van der Waals surface area contributed by atoms with Gasteiger partial charge in [-0.2, -0.15) is 5.10 Å². The third-order valence-electron chi connectivity index (χ3n) is 3.13. The van der Waals surface area contributed by atoms with E-state index in [1.807, 2.05) is 26.0 Å². The minimum Gasteiger partial charge on any atom is -0.464 e. The Morgan fingerprint density at radius 2 is 2.05 bits per heavy atom. The molecule has 1 heterocycles. The quantitative estimate of drug-likeness (QED) is 0.838. The zero-order chi connectivity index (χ0) is 14.7. The maximum absolute atomic E-state index is 12.2. The molecule has 0 fully saturated rings. The summed E-state index contributed by atoms with van der Waals surface area (Å²) in [7, 11) is 1.26. The number of methoxy groups -OCH3 is 1. The summed E-state index contributed by atoms with van der Waals surface area (Å²) in [5.74, 6) is -0.878. The largest absolute Gasteiger partial charge is 0.464 e. The van der Waals surface area contributed by atoms with Gasteiger partial charge in [-0.25, -0.2) is 4.79 Å². The molecule has 0 aliphatic heterocycles. The lowest BCUT2D eigenvalue weighted by atomic mass is 10.0. The Bertz CT molecular complexity index is 661. The molecule has 6 heteroatoms. The van der Waals surface area contributed by atoms with Gasteiger partial charge in [-0.3, -0.25) is 9.89 Å². The summed E-state index contributed by atoms with van der Waals surface area (Å²) in [6.45, 7) is 3.81. The molecule has 1 amide bonds. The zero-order valence-corrected chi connectivity index (χ0v) is 11.5. The summed E-state index contributed by atoms with van der Waals surface area (Å²) < 4.78 is 4.60. The smallest absolute Gasteiger partial charge is 0.358 e. The predicted octanol–water partition coefficient (Wildman–Crippen LogP) is 2.07. The molecule has 1 aromatic carbocycles. The van der Waals surface area contributed by atoms with Gasteiger partial charge in [0.1, 0.15) is 0 Å². The summed E-state index contributed by atoms with van der Waals surface area (Å²) >= 11 is 0. The Morgan fingerprint density at radius 1 is 1.30 bits per heavy atom. The third kappa shape index (κ3) is 2.54. The topological polar surface area (TPSA) is 84.1 Å². The number of esters is 1. The van der Waals surface area contributed by atoms with Crippen molar-refractivity contribution < 1.29 is 14.3 Å². The van der Waals surface area contributed by atoms with Crippen molar-refractivity contribution >= 4 is 17.6 Å². The van der Waals surface area contributed by atoms with Crippen LogP contribution in [0.2, 0.25) is 0 Å². The van der Waals surface area contributed by atoms with Crippen molar-refractivity contribution in [3.05, 3.63) is 46.8 Å². The second-order valence-electron chi connectivity index (χ2n) is 4.35. The number of carbonyl (C=O) groups is 2. The van der Waals surface area contributed by atoms with Crippen molar-refractivity contribution in [2.24, 2.45) is 0 Å². The van der Waals surface area contributed by atoms with Crippen molar-refractivity contribution in [2.45, 2.75) is 13.8 Å². The van der Waals surface area contributed by atoms with E-state index in [0.29, 0.717) is 11.3 Å². The lowest BCUT2D eigenvalue weighted by Crippen LogP contribution is -2.16. The van der Waals surface area contributed by atoms with Crippen LogP contribution in [0.5, 0.6) is 0 Å². The van der Waals surface area contributed by atoms with Crippen LogP contribution in [0.3, 0.4) is 0 Å². The fraction of sp³-hybridized carbons (Fsp3) is 0.214. The molecular formula is C14H15N3O3. The number of aromatic amines is 1. The number of carbonyl (C=O) groups excluding carboxylic acids is 2. The van der Waals surface area contributed by atoms with E-state index < -0.39 is 5.97 Å². The van der Waals surface area contributed by atoms with Crippen LogP contribution in [0.25, 0.3) is 0 Å². The van der Waals surface area contributed by atoms with E-state index in [1.54, 1.807) is 6.07 Å². The average molecular weight is 273 g/mol. The molecule has 0 aliphatic rings. The SMILES string of the molecule is COC(=O)c1[nH]ncc1NC(=O)c1cccc(C)c1C. The molecule has 2 N–H and O–H groups in total. The Kier molecular flexibility index (Phi) is 3.84. The molecule has 0 radical (unpaired) electrons. The van der Waals surface area contributed by atoms with E-state index in [0.717, 1.165) is 11.1 Å². The van der Waals surface area contributed by atoms with Gasteiger partial charge < -0.3 is 10.1 Å². The van der Waals surface area contributed by atoms with Crippen molar-refractivity contribution in [1.29, 1.82) is 0 Å². The number of nitrogens with one attached hydrogen (secondary N) is 2. The van der Waals surface area contributed by atoms with Gasteiger partial charge >= 0.3 is 5.97 Å². The van der Waals surface area contributed by atoms with Gasteiger partial charge in [0.05, 0.1) is 19.0 Å². The number of hydrogen-bond donors (Lipinski definition) is 2. The number of nitrogens with zero attached hydrogens (tertiary/aromatic N) is 1. The molecule has 1 aromatic heterocycles. The first-order chi connectivity index (χ1) is 9.54. The summed E-state index contributed by atoms with van der Waals surface area (Å²) in [6.07, 6.45) is 1.37. The second-order valence-corrected chi connectivity index (χ2v) is 4.35. The molecule has 0 aliphatic carbocycles. The van der Waals surface area contributed by atoms with Crippen LogP contribution in [0.4, 0.5) is 5.69 Å². The maximum atomic E-state index is 12.2. The van der Waals surface area contributed by atoms with E-state index in [2.05, 4.69) is 20.3 Å². The fourth-order valence-electron chi connectivity index (χ4n) is 1.83. The lowest BCUT2D eigenvalue weighted by molar-refractivity contribution is 0.0595. The first-order valence-corrected chi connectivity index (χ1v) is 6.04. The molecule has 20 heavy (non-hydrogen) atoms. The molecule has 2 aromatic rings. The normalized spacial score (nSPS) is 10.2. The van der Waals surface area contributed by atoms with Gasteiger partial charge in [-0.15, -0.1) is 0 Å². The Balaban J connectivity index is 2.27. The number of amides is 1. The highest BCUT2D eigenvalue weighted by atomic mass is 16.5. The molecule has 0 saturated heterocycles. The molecular weight excluding hydrogens is 258 g/mol. The van der Waals surface area contributed by atoms with Crippen LogP contribution < -0.4 is 5.32 Å². The monoisotopic (exact) mass is 273 g/mol. The minimum atomic E-state index is -0.584. The highest BCUT2D eigenvalue weighted by molar-refractivity contribution is 6.08. The van der Waals surface area contributed by atoms with Crippen molar-refractivity contribution in [3.8, 4) is 0 Å². The molecule has 2 rings (SSSR count). The van der Waals surface area contributed by atoms with Crippen LogP contribution in [-0.4, -0.2) is 29.2 Å². The van der Waals surface area contributed by atoms with Gasteiger partial charge in [0.25, 0.3) is 5.91 Å². The zero-order valence-electron chi connectivity index (χ0n) is 11.5. The first kappa shape index (κ1) is 13.8. The fourth-order valence-corrected chi connectivity index (χ4v) is 1.83. The number of ether oxygens (including phenoxy) is 1. The Hall–Kier alpha value is -2.63. The van der Waals surface area contributed by atoms with E-state index >= 15 is 0 Å². The highest BCUT2D eigenvalue weighted by Gasteiger charge is 2.18. The standard InChI is InChI=1S/C14H15N3O3/c1-8-5-4-6-10(9(8)2)13(18)16-11-7-15-17-12(11)14(19)20-3/h4-7H,1-3H3,(H,15,17)(H,16,18). The third-order valence-corrected chi connectivity index (χ3v) is 3.13. The van der Waals surface area contributed by atoms with Crippen molar-refractivity contribution in [2.75, 3.05) is 12.4 Å². The Labute approximate surface area is 116 Å². The van der Waals surface area contributed by atoms with E-state index in [1.165, 1.54) is 13.3 Å². The molecule has 0 unspecified atom stereocenters. The van der Waals surface area contributed by atoms with Gasteiger partial charge in [-0.05, 0) is 31.0 Å². The van der Waals surface area contributed by atoms with E-state index in [4.69, 9.17) is 0 Å². The number of H-pyrrole nitrogens is 1. The number of benzene rings is 1. The molecule has 0 spiro atoms. The minimum absolute atomic E-state index is 0.117. The van der Waals surface area contributed by atoms with Crippen LogP contribution >= 0.6 is 0 Å². The number of aryl methyl sites for hydroxylation is 1. The van der Waals surface area contributed by atoms with Crippen LogP contribution in [-0.2, 0) is 4.74 Å². The molecule has 6 nitrogen and oxygen atoms in total. The van der Waals surface area contributed by atoms with Crippen LogP contribution in [0, 0.1) is 13.8 Å². The molecule has 0 bridgehead atoms. The lowest BCUT2D eigenvalue weighted by Gasteiger charge is -2.09. The molecule has 0 saturated carbocycles. The summed E-state index contributed by atoms with van der Waals surface area (Å²) in [5.41, 5.74) is 2.89. The number of rotatable bonds is 3. The Morgan fingerprint density at radius 3 is 2.75 bits per heavy atom. The van der Waals surface area contributed by atoms with Gasteiger partial charge in [-0.1, -0.05) is 12.1 Å². The summed E-state index contributed by atoms with van der Waals surface area (Å²) in [5, 5.41) is 8.89. The van der Waals surface area contributed by atoms with Crippen molar-refractivity contribution in [3.63, 3.8) is 0 Å². The van der Waals surface area contributed by atoms with Crippen LogP contribution in [0.1, 0.15) is 32.0 Å². The van der Waals surface area contributed by atoms with E-state index in [9.17, 15) is 9.59 Å².